The molecule has 12 heteroatoms. The molecule has 0 saturated heterocycles. The summed E-state index contributed by atoms with van der Waals surface area (Å²) in [4.78, 5) is 48.6. The van der Waals surface area contributed by atoms with Gasteiger partial charge in [0.15, 0.2) is 0 Å². The molecule has 4 N–H and O–H groups in total. The van der Waals surface area contributed by atoms with Crippen LogP contribution in [0, 0.1) is 0 Å². The Labute approximate surface area is 81.7 Å². The van der Waals surface area contributed by atoms with E-state index in [9.17, 15) is 0 Å². The van der Waals surface area contributed by atoms with Gasteiger partial charge in [0.25, 0.3) is 0 Å². The molecule has 0 aliphatic carbocycles. The molecule has 0 amide bonds. The van der Waals surface area contributed by atoms with Crippen LogP contribution in [0.3, 0.4) is 0 Å². The third kappa shape index (κ3) is 1330. The van der Waals surface area contributed by atoms with Crippen molar-refractivity contribution in [3.05, 3.63) is 0 Å². The van der Waals surface area contributed by atoms with Gasteiger partial charge in [0, 0.05) is 0 Å². The van der Waals surface area contributed by atoms with E-state index in [2.05, 4.69) is 0 Å². The van der Waals surface area contributed by atoms with Gasteiger partial charge in [0.05, 0.1) is 15.6 Å². The van der Waals surface area contributed by atoms with E-state index in [-0.39, 0.29) is 27.2 Å². The predicted octanol–water partition coefficient (Wildman–Crippen LogP) is -5.21. The maximum absolute atomic E-state index is 8.66. The zero-order valence-corrected chi connectivity index (χ0v) is 8.59. The quantitative estimate of drug-likeness (QED) is 0.317. The van der Waals surface area contributed by atoms with Crippen molar-refractivity contribution in [3.63, 3.8) is 0 Å². The molecular formula is H4O9P2Ti. The summed E-state index contributed by atoms with van der Waals surface area (Å²) in [5.74, 6) is 0. The Hall–Kier alpha value is 0.894. The molecule has 0 bridgehead atoms. The Bertz CT molecular complexity index is 125. The topological polar surface area (TPSA) is 198 Å². The smallest absolute Gasteiger partial charge is 0.790 e. The second-order valence-corrected chi connectivity index (χ2v) is 2.81. The number of hydrogen-bond donors (Lipinski definition) is 2. The van der Waals surface area contributed by atoms with Crippen molar-refractivity contribution >= 4 is 15.6 Å². The van der Waals surface area contributed by atoms with E-state index in [1.54, 1.807) is 0 Å². The van der Waals surface area contributed by atoms with Crippen LogP contribution in [0.1, 0.15) is 0 Å². The van der Waals surface area contributed by atoms with Gasteiger partial charge in [-0.2, -0.15) is 0 Å². The van der Waals surface area contributed by atoms with Crippen LogP contribution in [-0.2, 0) is 30.8 Å². The monoisotopic (exact) mass is 258 g/mol. The second kappa shape index (κ2) is 8.49. The summed E-state index contributed by atoms with van der Waals surface area (Å²) in [6.45, 7) is 0. The van der Waals surface area contributed by atoms with Gasteiger partial charge < -0.3 is 44.0 Å². The molecule has 0 unspecified atom stereocenters. The van der Waals surface area contributed by atoms with Crippen LogP contribution in [0.15, 0.2) is 0 Å². The molecule has 0 aromatic carbocycles. The van der Waals surface area contributed by atoms with Gasteiger partial charge in [0.1, 0.15) is 0 Å². The van der Waals surface area contributed by atoms with Crippen LogP contribution in [0.5, 0.6) is 0 Å². The molecule has 12 heavy (non-hydrogen) atoms. The van der Waals surface area contributed by atoms with Crippen molar-refractivity contribution in [1.82, 2.24) is 0 Å². The molecule has 0 atom stereocenters. The summed E-state index contributed by atoms with van der Waals surface area (Å²) in [6.07, 6.45) is 0. The Balaban J connectivity index is -0.0000000457. The molecule has 0 radical (unpaired) electrons. The predicted molar refractivity (Wildman–Crippen MR) is 23.3 cm³/mol. The van der Waals surface area contributed by atoms with Crippen LogP contribution in [0.2, 0.25) is 0 Å². The first-order chi connectivity index (χ1) is 4.00. The van der Waals surface area contributed by atoms with Gasteiger partial charge in [-0.25, -0.2) is 0 Å². The van der Waals surface area contributed by atoms with E-state index in [0.29, 0.717) is 0 Å². The minimum Gasteiger partial charge on any atom is -0.790 e. The average Bonchev–Trinajstić information content (AvgIpc) is 1.12. The van der Waals surface area contributed by atoms with Crippen molar-refractivity contribution in [1.29, 1.82) is 0 Å². The number of rotatable bonds is 0. The Kier molecular flexibility index (Phi) is 16.3. The molecule has 0 aromatic heterocycles. The zero-order chi connectivity index (χ0) is 9.00. The first kappa shape index (κ1) is 23.1. The Morgan fingerprint density at radius 2 is 0.833 bits per heavy atom. The molecule has 0 fully saturated rings. The van der Waals surface area contributed by atoms with Crippen LogP contribution >= 0.6 is 15.6 Å². The summed E-state index contributed by atoms with van der Waals surface area (Å²) in [7, 11) is -10.3. The van der Waals surface area contributed by atoms with Gasteiger partial charge in [-0.3, -0.25) is 0 Å². The number of hydrogen-bond acceptors (Lipinski definition) is 6. The molecule has 0 heterocycles. The largest absolute Gasteiger partial charge is 4.00 e. The molecule has 72 valence electrons. The van der Waals surface area contributed by atoms with Crippen LogP contribution in [0.4, 0.5) is 0 Å². The summed E-state index contributed by atoms with van der Waals surface area (Å²) in [5.41, 5.74) is 0. The van der Waals surface area contributed by atoms with Crippen LogP contribution in [-0.4, -0.2) is 15.3 Å². The van der Waals surface area contributed by atoms with Gasteiger partial charge in [-0.15, -0.1) is 0 Å². The van der Waals surface area contributed by atoms with E-state index >= 15 is 0 Å². The molecule has 0 saturated carbocycles. The molecule has 9 nitrogen and oxygen atoms in total. The van der Waals surface area contributed by atoms with Gasteiger partial charge >= 0.3 is 21.7 Å². The molecular weight excluding hydrogens is 254 g/mol. The van der Waals surface area contributed by atoms with Crippen molar-refractivity contribution in [3.8, 4) is 0 Å². The average molecular weight is 258 g/mol. The van der Waals surface area contributed by atoms with E-state index < -0.39 is 15.6 Å². The molecule has 0 spiro atoms. The van der Waals surface area contributed by atoms with E-state index in [1.165, 1.54) is 0 Å². The standard InChI is InChI=1S/2H3O4P.H2O.Ti/c2*1-5(2,3)4;;/h2*(H3,1,2,3,4);1H2;/q;;;+4/p-4. The normalized spacial score (nSPS) is 9.83. The molecule has 0 rings (SSSR count). The Morgan fingerprint density at radius 3 is 0.833 bits per heavy atom. The fourth-order valence-electron chi connectivity index (χ4n) is 0. The summed E-state index contributed by atoms with van der Waals surface area (Å²) in [6, 6.07) is 0. The maximum atomic E-state index is 8.66. The van der Waals surface area contributed by atoms with E-state index in [1.807, 2.05) is 0 Å². The van der Waals surface area contributed by atoms with E-state index in [0.717, 1.165) is 0 Å². The summed E-state index contributed by atoms with van der Waals surface area (Å²) < 4.78 is 17.3. The first-order valence-corrected chi connectivity index (χ1v) is 4.49. The van der Waals surface area contributed by atoms with Gasteiger partial charge in [0.2, 0.25) is 0 Å². The fourth-order valence-corrected chi connectivity index (χ4v) is 0. The van der Waals surface area contributed by atoms with Crippen molar-refractivity contribution < 1.29 is 65.7 Å². The third-order valence-electron chi connectivity index (χ3n) is 0. The first-order valence-electron chi connectivity index (χ1n) is 1.50. The zero-order valence-electron chi connectivity index (χ0n) is 5.24. The van der Waals surface area contributed by atoms with Crippen molar-refractivity contribution in [2.75, 3.05) is 0 Å². The van der Waals surface area contributed by atoms with E-state index in [4.69, 9.17) is 38.5 Å². The van der Waals surface area contributed by atoms with Gasteiger partial charge in [-0.05, 0) is 0 Å². The third-order valence-corrected chi connectivity index (χ3v) is 0. The molecule has 0 aliphatic heterocycles. The number of phosphoric acid groups is 2. The van der Waals surface area contributed by atoms with Gasteiger partial charge in [-0.1, -0.05) is 0 Å². The Morgan fingerprint density at radius 1 is 0.833 bits per heavy atom. The second-order valence-electron chi connectivity index (χ2n) is 0.937. The summed E-state index contributed by atoms with van der Waals surface area (Å²) >= 11 is 0. The maximum Gasteiger partial charge on any atom is 4.00 e. The van der Waals surface area contributed by atoms with Crippen molar-refractivity contribution in [2.24, 2.45) is 0 Å². The van der Waals surface area contributed by atoms with Crippen LogP contribution < -0.4 is 19.6 Å². The summed E-state index contributed by atoms with van der Waals surface area (Å²) in [5, 5.41) is 0. The van der Waals surface area contributed by atoms with Crippen molar-refractivity contribution in [2.45, 2.75) is 0 Å². The molecule has 0 aliphatic rings. The minimum atomic E-state index is -5.14. The molecule has 0 aromatic rings. The van der Waals surface area contributed by atoms with Crippen LogP contribution in [0.25, 0.3) is 0 Å². The fraction of sp³-hybridized carbons (Fsp3) is 0. The SMILES string of the molecule is O.O=P([O-])([O-])O.O=P([O-])([O-])O.[Ti+4]. The minimum absolute atomic E-state index is 0.